The van der Waals surface area contributed by atoms with E-state index >= 15 is 0 Å². The Bertz CT molecular complexity index is 521. The van der Waals surface area contributed by atoms with Crippen LogP contribution in [0.3, 0.4) is 0 Å². The molecule has 0 radical (unpaired) electrons. The van der Waals surface area contributed by atoms with E-state index in [1.165, 1.54) is 23.9 Å². The zero-order valence-electron chi connectivity index (χ0n) is 9.37. The van der Waals surface area contributed by atoms with Gasteiger partial charge in [0.15, 0.2) is 0 Å². The van der Waals surface area contributed by atoms with Crippen LogP contribution in [0, 0.1) is 0 Å². The second-order valence-electron chi connectivity index (χ2n) is 3.72. The van der Waals surface area contributed by atoms with Gasteiger partial charge in [0.2, 0.25) is 0 Å². The van der Waals surface area contributed by atoms with Crippen LogP contribution in [0.25, 0.3) is 0 Å². The van der Waals surface area contributed by atoms with Gasteiger partial charge in [-0.3, -0.25) is 4.18 Å². The van der Waals surface area contributed by atoms with Crippen molar-refractivity contribution < 1.29 is 22.1 Å². The molecule has 0 spiro atoms. The molecule has 0 unspecified atom stereocenters. The fourth-order valence-corrected chi connectivity index (χ4v) is 2.64. The average molecular weight is 276 g/mol. The fraction of sp³-hybridized carbons (Fsp3) is 0.400. The van der Waals surface area contributed by atoms with Gasteiger partial charge in [-0.1, -0.05) is 0 Å². The van der Waals surface area contributed by atoms with E-state index in [1.807, 2.05) is 11.4 Å². The minimum Gasteiger partial charge on any atom is -0.453 e. The largest absolute Gasteiger partial charge is 0.453 e. The molecular formula is C10H12O5S2. The van der Waals surface area contributed by atoms with Gasteiger partial charge in [0.1, 0.15) is 19.1 Å². The zero-order valence-corrected chi connectivity index (χ0v) is 11.0. The molecule has 0 aliphatic carbocycles. The van der Waals surface area contributed by atoms with Crippen molar-refractivity contribution in [2.75, 3.05) is 6.26 Å². The van der Waals surface area contributed by atoms with Crippen LogP contribution >= 0.6 is 11.3 Å². The van der Waals surface area contributed by atoms with E-state index in [1.54, 1.807) is 6.92 Å². The molecule has 1 aliphatic heterocycles. The van der Waals surface area contributed by atoms with Crippen LogP contribution in [0.1, 0.15) is 17.4 Å². The second kappa shape index (κ2) is 4.32. The third-order valence-electron chi connectivity index (χ3n) is 2.23. The molecule has 2 heterocycles. The van der Waals surface area contributed by atoms with E-state index in [2.05, 4.69) is 0 Å². The first-order valence-electron chi connectivity index (χ1n) is 4.82. The van der Waals surface area contributed by atoms with E-state index in [0.717, 1.165) is 16.7 Å². The Kier molecular flexibility index (Phi) is 3.15. The molecule has 94 valence electrons. The lowest BCUT2D eigenvalue weighted by molar-refractivity contribution is -0.132. The van der Waals surface area contributed by atoms with Crippen molar-refractivity contribution in [3.8, 4) is 0 Å². The zero-order chi connectivity index (χ0) is 12.5. The van der Waals surface area contributed by atoms with Crippen LogP contribution in [-0.2, 0) is 36.2 Å². The van der Waals surface area contributed by atoms with Crippen LogP contribution < -0.4 is 0 Å². The van der Waals surface area contributed by atoms with Crippen molar-refractivity contribution in [3.05, 3.63) is 34.4 Å². The van der Waals surface area contributed by atoms with E-state index in [-0.39, 0.29) is 6.61 Å². The lowest BCUT2D eigenvalue weighted by Gasteiger charge is -2.21. The van der Waals surface area contributed by atoms with Gasteiger partial charge < -0.3 is 9.47 Å². The number of ether oxygens (including phenoxy) is 2. The standard InChI is InChI=1S/C10H12O5S2/c1-10(13-3-4-14-10)8-5-9(16-7-8)6-15-17(2,11)12/h3-5,7H,6H2,1-2H3. The summed E-state index contributed by atoms with van der Waals surface area (Å²) < 4.78 is 37.1. The van der Waals surface area contributed by atoms with Crippen LogP contribution in [0.15, 0.2) is 24.0 Å². The van der Waals surface area contributed by atoms with E-state index < -0.39 is 15.9 Å². The monoisotopic (exact) mass is 276 g/mol. The summed E-state index contributed by atoms with van der Waals surface area (Å²) in [6.45, 7) is 1.82. The van der Waals surface area contributed by atoms with Crippen molar-refractivity contribution in [3.63, 3.8) is 0 Å². The summed E-state index contributed by atoms with van der Waals surface area (Å²) in [7, 11) is -3.42. The molecule has 0 N–H and O–H groups in total. The molecule has 1 aromatic heterocycles. The molecule has 0 fully saturated rings. The first kappa shape index (κ1) is 12.4. The summed E-state index contributed by atoms with van der Waals surface area (Å²) >= 11 is 1.40. The lowest BCUT2D eigenvalue weighted by atomic mass is 10.1. The van der Waals surface area contributed by atoms with Crippen molar-refractivity contribution in [1.82, 2.24) is 0 Å². The molecule has 0 amide bonds. The highest BCUT2D eigenvalue weighted by Crippen LogP contribution is 2.34. The van der Waals surface area contributed by atoms with Gasteiger partial charge in [0.25, 0.3) is 15.9 Å². The summed E-state index contributed by atoms with van der Waals surface area (Å²) in [4.78, 5) is 0.797. The highest BCUT2D eigenvalue weighted by Gasteiger charge is 2.33. The van der Waals surface area contributed by atoms with E-state index in [9.17, 15) is 8.42 Å². The van der Waals surface area contributed by atoms with Crippen molar-refractivity contribution in [2.45, 2.75) is 19.3 Å². The SMILES string of the molecule is CC1(c2csc(COS(C)(=O)=O)c2)OC=CO1. The van der Waals surface area contributed by atoms with Gasteiger partial charge >= 0.3 is 0 Å². The molecule has 1 aliphatic rings. The molecule has 17 heavy (non-hydrogen) atoms. The molecule has 0 atom stereocenters. The summed E-state index contributed by atoms with van der Waals surface area (Å²) in [5.41, 5.74) is 0.833. The maximum absolute atomic E-state index is 10.9. The average Bonchev–Trinajstić information content (AvgIpc) is 2.83. The van der Waals surface area contributed by atoms with Crippen molar-refractivity contribution in [1.29, 1.82) is 0 Å². The number of thiophene rings is 1. The normalized spacial score (nSPS) is 17.8. The Balaban J connectivity index is 2.06. The predicted molar refractivity (Wildman–Crippen MR) is 62.6 cm³/mol. The van der Waals surface area contributed by atoms with Crippen molar-refractivity contribution in [2.24, 2.45) is 0 Å². The molecule has 2 rings (SSSR count). The third-order valence-corrected chi connectivity index (χ3v) is 3.69. The van der Waals surface area contributed by atoms with Gasteiger partial charge in [0, 0.05) is 22.7 Å². The predicted octanol–water partition coefficient (Wildman–Crippen LogP) is 1.91. The van der Waals surface area contributed by atoms with Crippen LogP contribution in [0.5, 0.6) is 0 Å². The Hall–Kier alpha value is -1.05. The van der Waals surface area contributed by atoms with Gasteiger partial charge in [-0.2, -0.15) is 8.42 Å². The minimum absolute atomic E-state index is 0.0347. The van der Waals surface area contributed by atoms with Gasteiger partial charge in [-0.15, -0.1) is 11.3 Å². The maximum atomic E-state index is 10.9. The van der Waals surface area contributed by atoms with Gasteiger partial charge in [-0.25, -0.2) is 0 Å². The number of hydrogen-bond donors (Lipinski definition) is 0. The summed E-state index contributed by atoms with van der Waals surface area (Å²) in [6, 6.07) is 1.81. The van der Waals surface area contributed by atoms with Crippen molar-refractivity contribution >= 4 is 21.5 Å². The Morgan fingerprint density at radius 3 is 2.65 bits per heavy atom. The molecule has 0 bridgehead atoms. The third kappa shape index (κ3) is 2.99. The number of rotatable bonds is 4. The topological polar surface area (TPSA) is 61.8 Å². The highest BCUT2D eigenvalue weighted by molar-refractivity contribution is 7.85. The summed E-state index contributed by atoms with van der Waals surface area (Å²) in [5.74, 6) is -0.820. The highest BCUT2D eigenvalue weighted by atomic mass is 32.2. The molecule has 1 aromatic rings. The van der Waals surface area contributed by atoms with E-state index in [0.29, 0.717) is 0 Å². The molecular weight excluding hydrogens is 264 g/mol. The maximum Gasteiger partial charge on any atom is 0.274 e. The molecule has 0 aromatic carbocycles. The summed E-state index contributed by atoms with van der Waals surface area (Å²) in [6.07, 6.45) is 3.98. The Morgan fingerprint density at radius 2 is 2.06 bits per heavy atom. The molecule has 0 saturated carbocycles. The van der Waals surface area contributed by atoms with Crippen LogP contribution in [0.4, 0.5) is 0 Å². The van der Waals surface area contributed by atoms with Gasteiger partial charge in [-0.05, 0) is 6.07 Å². The first-order valence-corrected chi connectivity index (χ1v) is 7.52. The minimum atomic E-state index is -3.42. The Labute approximate surface area is 104 Å². The number of hydrogen-bond acceptors (Lipinski definition) is 6. The molecule has 5 nitrogen and oxygen atoms in total. The lowest BCUT2D eigenvalue weighted by Crippen LogP contribution is -2.21. The van der Waals surface area contributed by atoms with Crippen LogP contribution in [0.2, 0.25) is 0 Å². The Morgan fingerprint density at radius 1 is 1.41 bits per heavy atom. The van der Waals surface area contributed by atoms with Crippen LogP contribution in [-0.4, -0.2) is 14.7 Å². The molecule has 0 saturated heterocycles. The van der Waals surface area contributed by atoms with Gasteiger partial charge in [0.05, 0.1) is 6.26 Å². The second-order valence-corrected chi connectivity index (χ2v) is 6.36. The first-order chi connectivity index (χ1) is 7.89. The van der Waals surface area contributed by atoms with E-state index in [4.69, 9.17) is 13.7 Å². The fourth-order valence-electron chi connectivity index (χ4n) is 1.34. The summed E-state index contributed by atoms with van der Waals surface area (Å²) in [5, 5.41) is 1.86. The quantitative estimate of drug-likeness (QED) is 0.786. The molecule has 7 heteroatoms. The smallest absolute Gasteiger partial charge is 0.274 e.